The molecule has 0 aliphatic carbocycles. The van der Waals surface area contributed by atoms with Crippen LogP contribution >= 0.6 is 22.9 Å². The number of rotatable bonds is 5. The normalized spacial score (nSPS) is 11.2. The predicted molar refractivity (Wildman–Crippen MR) is 89.5 cm³/mol. The van der Waals surface area contributed by atoms with Gasteiger partial charge in [-0.2, -0.15) is 0 Å². The van der Waals surface area contributed by atoms with Gasteiger partial charge in [0, 0.05) is 16.2 Å². The van der Waals surface area contributed by atoms with Gasteiger partial charge in [0.05, 0.1) is 5.51 Å². The van der Waals surface area contributed by atoms with Gasteiger partial charge in [-0.15, -0.1) is 11.3 Å². The first-order chi connectivity index (χ1) is 9.91. The lowest BCUT2D eigenvalue weighted by Crippen LogP contribution is -2.30. The molecule has 0 spiro atoms. The molecule has 0 radical (unpaired) electrons. The molecule has 6 heteroatoms. The summed E-state index contributed by atoms with van der Waals surface area (Å²) in [6.45, 7) is 6.27. The molecule has 4 nitrogen and oxygen atoms in total. The fraction of sp³-hybridized carbons (Fsp3) is 0.333. The van der Waals surface area contributed by atoms with Crippen LogP contribution in [-0.4, -0.2) is 16.4 Å². The Bertz CT molecular complexity index is 639. The fourth-order valence-electron chi connectivity index (χ4n) is 1.65. The standard InChI is InChI=1S/C15H18ClN3OS/c1-4-15(2,3)19-14-12(17-9-21-14)13(20)18-11-7-5-6-10(16)8-11/h5-9,19H,4H2,1-3H3,(H,18,20). The molecule has 0 unspecified atom stereocenters. The first kappa shape index (κ1) is 15.8. The lowest BCUT2D eigenvalue weighted by atomic mass is 10.0. The highest BCUT2D eigenvalue weighted by molar-refractivity contribution is 7.14. The van der Waals surface area contributed by atoms with E-state index in [0.29, 0.717) is 16.4 Å². The third-order valence-corrected chi connectivity index (χ3v) is 4.18. The Morgan fingerprint density at radius 1 is 1.43 bits per heavy atom. The number of halogens is 1. The summed E-state index contributed by atoms with van der Waals surface area (Å²) >= 11 is 7.34. The van der Waals surface area contributed by atoms with Crippen molar-refractivity contribution in [2.45, 2.75) is 32.7 Å². The van der Waals surface area contributed by atoms with E-state index in [0.717, 1.165) is 11.4 Å². The van der Waals surface area contributed by atoms with E-state index in [2.05, 4.69) is 36.4 Å². The lowest BCUT2D eigenvalue weighted by molar-refractivity contribution is 0.102. The zero-order valence-electron chi connectivity index (χ0n) is 12.2. The molecule has 0 bridgehead atoms. The van der Waals surface area contributed by atoms with Gasteiger partial charge in [-0.1, -0.05) is 24.6 Å². The Morgan fingerprint density at radius 3 is 2.86 bits per heavy atom. The lowest BCUT2D eigenvalue weighted by Gasteiger charge is -2.25. The monoisotopic (exact) mass is 323 g/mol. The first-order valence-electron chi connectivity index (χ1n) is 6.70. The van der Waals surface area contributed by atoms with Crippen LogP contribution in [-0.2, 0) is 0 Å². The van der Waals surface area contributed by atoms with Crippen LogP contribution in [0.3, 0.4) is 0 Å². The van der Waals surface area contributed by atoms with Crippen molar-refractivity contribution in [1.29, 1.82) is 0 Å². The molecule has 0 aliphatic heterocycles. The second-order valence-electron chi connectivity index (χ2n) is 5.36. The summed E-state index contributed by atoms with van der Waals surface area (Å²) in [4.78, 5) is 16.5. The summed E-state index contributed by atoms with van der Waals surface area (Å²) in [5.74, 6) is -0.243. The molecule has 0 aliphatic rings. The Balaban J connectivity index is 2.15. The fourth-order valence-corrected chi connectivity index (χ4v) is 2.69. The summed E-state index contributed by atoms with van der Waals surface area (Å²) < 4.78 is 0. The highest BCUT2D eigenvalue weighted by atomic mass is 35.5. The van der Waals surface area contributed by atoms with E-state index in [1.165, 1.54) is 11.3 Å². The van der Waals surface area contributed by atoms with Crippen molar-refractivity contribution >= 4 is 39.5 Å². The summed E-state index contributed by atoms with van der Waals surface area (Å²) in [5.41, 5.74) is 2.64. The average Bonchev–Trinajstić information content (AvgIpc) is 2.86. The van der Waals surface area contributed by atoms with Crippen LogP contribution in [0.15, 0.2) is 29.8 Å². The zero-order valence-corrected chi connectivity index (χ0v) is 13.8. The van der Waals surface area contributed by atoms with E-state index in [1.807, 2.05) is 0 Å². The molecule has 1 aromatic carbocycles. The quantitative estimate of drug-likeness (QED) is 0.842. The van der Waals surface area contributed by atoms with Crippen LogP contribution in [0, 0.1) is 0 Å². The topological polar surface area (TPSA) is 54.0 Å². The highest BCUT2D eigenvalue weighted by Gasteiger charge is 2.21. The number of amides is 1. The number of anilines is 2. The molecule has 0 saturated carbocycles. The van der Waals surface area contributed by atoms with Crippen molar-refractivity contribution in [1.82, 2.24) is 4.98 Å². The summed E-state index contributed by atoms with van der Waals surface area (Å²) in [6.07, 6.45) is 0.945. The first-order valence-corrected chi connectivity index (χ1v) is 7.95. The number of carbonyl (C=O) groups is 1. The molecule has 0 atom stereocenters. The largest absolute Gasteiger partial charge is 0.370 e. The molecule has 1 amide bonds. The Labute approximate surface area is 133 Å². The van der Waals surface area contributed by atoms with Crippen LogP contribution in [0.4, 0.5) is 10.7 Å². The van der Waals surface area contributed by atoms with Gasteiger partial charge in [-0.05, 0) is 38.5 Å². The van der Waals surface area contributed by atoms with Crippen molar-refractivity contribution in [2.75, 3.05) is 10.6 Å². The maximum atomic E-state index is 12.3. The van der Waals surface area contributed by atoms with Crippen LogP contribution in [0.25, 0.3) is 0 Å². The number of carbonyl (C=O) groups excluding carboxylic acids is 1. The number of nitrogens with zero attached hydrogens (tertiary/aromatic N) is 1. The molecule has 112 valence electrons. The number of benzene rings is 1. The minimum atomic E-state index is -0.243. The van der Waals surface area contributed by atoms with Crippen LogP contribution in [0.1, 0.15) is 37.7 Å². The van der Waals surface area contributed by atoms with E-state index in [1.54, 1.807) is 29.8 Å². The Kier molecular flexibility index (Phi) is 4.85. The van der Waals surface area contributed by atoms with Crippen LogP contribution in [0.2, 0.25) is 5.02 Å². The van der Waals surface area contributed by atoms with E-state index in [4.69, 9.17) is 11.6 Å². The molecule has 1 heterocycles. The molecule has 0 fully saturated rings. The molecule has 1 aromatic heterocycles. The van der Waals surface area contributed by atoms with Gasteiger partial charge in [0.15, 0.2) is 5.69 Å². The minimum Gasteiger partial charge on any atom is -0.370 e. The van der Waals surface area contributed by atoms with E-state index >= 15 is 0 Å². The average molecular weight is 324 g/mol. The molecular weight excluding hydrogens is 306 g/mol. The highest BCUT2D eigenvalue weighted by Crippen LogP contribution is 2.26. The SMILES string of the molecule is CCC(C)(C)Nc1scnc1C(=O)Nc1cccc(Cl)c1. The third kappa shape index (κ3) is 4.19. The minimum absolute atomic E-state index is 0.0857. The zero-order chi connectivity index (χ0) is 15.5. The van der Waals surface area contributed by atoms with Gasteiger partial charge >= 0.3 is 0 Å². The van der Waals surface area contributed by atoms with Gasteiger partial charge in [0.25, 0.3) is 5.91 Å². The van der Waals surface area contributed by atoms with Gasteiger partial charge in [-0.25, -0.2) is 4.98 Å². The number of aromatic nitrogens is 1. The molecule has 2 aromatic rings. The second kappa shape index (κ2) is 6.45. The van der Waals surface area contributed by atoms with Gasteiger partial charge < -0.3 is 10.6 Å². The van der Waals surface area contributed by atoms with Crippen LogP contribution in [0.5, 0.6) is 0 Å². The summed E-state index contributed by atoms with van der Waals surface area (Å²) in [5, 5.41) is 7.53. The third-order valence-electron chi connectivity index (χ3n) is 3.20. The Morgan fingerprint density at radius 2 is 2.19 bits per heavy atom. The van der Waals surface area contributed by atoms with Gasteiger partial charge in [0.1, 0.15) is 5.00 Å². The smallest absolute Gasteiger partial charge is 0.277 e. The van der Waals surface area contributed by atoms with Crippen molar-refractivity contribution in [3.8, 4) is 0 Å². The molecule has 21 heavy (non-hydrogen) atoms. The molecular formula is C15H18ClN3OS. The molecule has 2 rings (SSSR count). The number of nitrogens with one attached hydrogen (secondary N) is 2. The van der Waals surface area contributed by atoms with E-state index < -0.39 is 0 Å². The van der Waals surface area contributed by atoms with Crippen LogP contribution < -0.4 is 10.6 Å². The van der Waals surface area contributed by atoms with E-state index in [-0.39, 0.29) is 11.4 Å². The van der Waals surface area contributed by atoms with Crippen molar-refractivity contribution < 1.29 is 4.79 Å². The number of thiazole rings is 1. The maximum Gasteiger partial charge on any atom is 0.277 e. The predicted octanol–water partition coefficient (Wildman–Crippen LogP) is 4.65. The van der Waals surface area contributed by atoms with E-state index in [9.17, 15) is 4.79 Å². The second-order valence-corrected chi connectivity index (χ2v) is 6.65. The van der Waals surface area contributed by atoms with Crippen molar-refractivity contribution in [3.63, 3.8) is 0 Å². The number of hydrogen-bond donors (Lipinski definition) is 2. The Hall–Kier alpha value is -1.59. The molecule has 2 N–H and O–H groups in total. The van der Waals surface area contributed by atoms with Gasteiger partial charge in [-0.3, -0.25) is 4.79 Å². The summed E-state index contributed by atoms with van der Waals surface area (Å²) in [6, 6.07) is 7.04. The summed E-state index contributed by atoms with van der Waals surface area (Å²) in [7, 11) is 0. The van der Waals surface area contributed by atoms with Crippen molar-refractivity contribution in [3.05, 3.63) is 40.5 Å². The number of hydrogen-bond acceptors (Lipinski definition) is 4. The van der Waals surface area contributed by atoms with Gasteiger partial charge in [0.2, 0.25) is 0 Å². The maximum absolute atomic E-state index is 12.3. The van der Waals surface area contributed by atoms with Crippen molar-refractivity contribution in [2.24, 2.45) is 0 Å². The molecule has 0 saturated heterocycles.